The number of para-hydroxylation sites is 1. The van der Waals surface area contributed by atoms with Crippen molar-refractivity contribution in [1.29, 1.82) is 0 Å². The number of aryl methyl sites for hydroxylation is 2. The maximum Gasteiger partial charge on any atom is 0.216 e. The molecule has 0 aliphatic heterocycles. The number of furan rings is 1. The standard InChI is InChI=1S/C29H28NO/c1-19-14-16-24-23-13-9-12-22(20-10-7-6-8-11-20)27(23)31-28(24)26(19)25-17-15-21(18-30(25)5)29(2,3)4/h6-18H,1-5H3/q+1. The molecule has 2 heterocycles. The summed E-state index contributed by atoms with van der Waals surface area (Å²) in [5.41, 5.74) is 9.18. The maximum atomic E-state index is 6.64. The van der Waals surface area contributed by atoms with Gasteiger partial charge in [0.25, 0.3) is 0 Å². The molecule has 2 nitrogen and oxygen atoms in total. The fraction of sp³-hybridized carbons (Fsp3) is 0.207. The highest BCUT2D eigenvalue weighted by molar-refractivity contribution is 6.13. The van der Waals surface area contributed by atoms with Gasteiger partial charge in [0.2, 0.25) is 5.69 Å². The summed E-state index contributed by atoms with van der Waals surface area (Å²) >= 11 is 0. The Labute approximate surface area is 183 Å². The molecule has 0 unspecified atom stereocenters. The summed E-state index contributed by atoms with van der Waals surface area (Å²) in [6, 6.07) is 25.8. The van der Waals surface area contributed by atoms with E-state index in [2.05, 4.69) is 112 Å². The molecule has 2 heteroatoms. The quantitative estimate of drug-likeness (QED) is 0.280. The van der Waals surface area contributed by atoms with Crippen LogP contribution in [0.3, 0.4) is 0 Å². The Bertz CT molecular complexity index is 1420. The molecule has 154 valence electrons. The molecule has 0 saturated heterocycles. The third kappa shape index (κ3) is 3.23. The monoisotopic (exact) mass is 406 g/mol. The molecule has 5 rings (SSSR count). The van der Waals surface area contributed by atoms with E-state index in [9.17, 15) is 0 Å². The van der Waals surface area contributed by atoms with Crippen LogP contribution in [-0.2, 0) is 12.5 Å². The van der Waals surface area contributed by atoms with Gasteiger partial charge < -0.3 is 4.42 Å². The Morgan fingerprint density at radius 3 is 2.19 bits per heavy atom. The summed E-state index contributed by atoms with van der Waals surface area (Å²) < 4.78 is 8.87. The first-order valence-corrected chi connectivity index (χ1v) is 10.9. The van der Waals surface area contributed by atoms with Gasteiger partial charge in [-0.2, -0.15) is 0 Å². The Morgan fingerprint density at radius 2 is 1.48 bits per heavy atom. The summed E-state index contributed by atoms with van der Waals surface area (Å²) in [6.07, 6.45) is 2.24. The average molecular weight is 407 g/mol. The lowest BCUT2D eigenvalue weighted by atomic mass is 9.88. The van der Waals surface area contributed by atoms with Gasteiger partial charge in [0.15, 0.2) is 6.20 Å². The van der Waals surface area contributed by atoms with Gasteiger partial charge in [0, 0.05) is 28.0 Å². The van der Waals surface area contributed by atoms with Crippen molar-refractivity contribution in [1.82, 2.24) is 0 Å². The van der Waals surface area contributed by atoms with Gasteiger partial charge in [0.05, 0.1) is 5.56 Å². The molecule has 0 atom stereocenters. The third-order valence-electron chi connectivity index (χ3n) is 6.22. The molecule has 5 aromatic rings. The molecule has 0 aliphatic rings. The molecule has 0 bridgehead atoms. The fourth-order valence-corrected chi connectivity index (χ4v) is 4.43. The first-order chi connectivity index (χ1) is 14.8. The Hall–Kier alpha value is -3.39. The minimum absolute atomic E-state index is 0.112. The van der Waals surface area contributed by atoms with E-state index < -0.39 is 0 Å². The topological polar surface area (TPSA) is 17.0 Å². The number of aromatic nitrogens is 1. The van der Waals surface area contributed by atoms with Gasteiger partial charge in [-0.25, -0.2) is 4.57 Å². The highest BCUT2D eigenvalue weighted by Crippen LogP contribution is 2.40. The Kier molecular flexibility index (Phi) is 4.48. The van der Waals surface area contributed by atoms with Gasteiger partial charge in [0.1, 0.15) is 18.2 Å². The lowest BCUT2D eigenvalue weighted by Gasteiger charge is -2.17. The number of benzene rings is 3. The van der Waals surface area contributed by atoms with Crippen LogP contribution < -0.4 is 4.57 Å². The van der Waals surface area contributed by atoms with Crippen molar-refractivity contribution in [3.8, 4) is 22.4 Å². The fourth-order valence-electron chi connectivity index (χ4n) is 4.43. The minimum atomic E-state index is 0.112. The van der Waals surface area contributed by atoms with Crippen LogP contribution in [0, 0.1) is 6.92 Å². The first kappa shape index (κ1) is 19.6. The molecular formula is C29H28NO+. The number of pyridine rings is 1. The maximum absolute atomic E-state index is 6.64. The zero-order valence-electron chi connectivity index (χ0n) is 18.9. The normalized spacial score (nSPS) is 12.0. The van der Waals surface area contributed by atoms with Crippen molar-refractivity contribution in [2.45, 2.75) is 33.1 Å². The van der Waals surface area contributed by atoms with Crippen LogP contribution in [-0.4, -0.2) is 0 Å². The van der Waals surface area contributed by atoms with Crippen molar-refractivity contribution in [3.63, 3.8) is 0 Å². The zero-order chi connectivity index (χ0) is 21.8. The third-order valence-corrected chi connectivity index (χ3v) is 6.22. The highest BCUT2D eigenvalue weighted by atomic mass is 16.3. The molecule has 2 aromatic heterocycles. The second kappa shape index (κ2) is 7.09. The van der Waals surface area contributed by atoms with E-state index in [-0.39, 0.29) is 5.41 Å². The molecule has 0 aliphatic carbocycles. The summed E-state index contributed by atoms with van der Waals surface area (Å²) in [5.74, 6) is 0. The summed E-state index contributed by atoms with van der Waals surface area (Å²) in [5, 5.41) is 2.32. The van der Waals surface area contributed by atoms with E-state index >= 15 is 0 Å². The second-order valence-corrected chi connectivity index (χ2v) is 9.45. The van der Waals surface area contributed by atoms with Gasteiger partial charge in [-0.15, -0.1) is 0 Å². The summed E-state index contributed by atoms with van der Waals surface area (Å²) in [6.45, 7) is 8.91. The number of rotatable bonds is 2. The predicted molar refractivity (Wildman–Crippen MR) is 129 cm³/mol. The molecule has 0 amide bonds. The zero-order valence-corrected chi connectivity index (χ0v) is 18.9. The Morgan fingerprint density at radius 1 is 0.742 bits per heavy atom. The van der Waals surface area contributed by atoms with E-state index in [1.54, 1.807) is 0 Å². The molecule has 0 fully saturated rings. The lowest BCUT2D eigenvalue weighted by Crippen LogP contribution is -2.33. The van der Waals surface area contributed by atoms with Crippen molar-refractivity contribution >= 4 is 21.9 Å². The van der Waals surface area contributed by atoms with E-state index in [0.29, 0.717) is 0 Å². The molecule has 0 N–H and O–H groups in total. The molecular weight excluding hydrogens is 378 g/mol. The van der Waals surface area contributed by atoms with Crippen LogP contribution in [0.5, 0.6) is 0 Å². The SMILES string of the molecule is Cc1ccc2c(oc3c(-c4ccccc4)cccc32)c1-c1ccc(C(C)(C)C)c[n+]1C. The van der Waals surface area contributed by atoms with Gasteiger partial charge >= 0.3 is 0 Å². The van der Waals surface area contributed by atoms with Crippen molar-refractivity contribution < 1.29 is 8.98 Å². The highest BCUT2D eigenvalue weighted by Gasteiger charge is 2.24. The van der Waals surface area contributed by atoms with E-state index in [4.69, 9.17) is 4.42 Å². The van der Waals surface area contributed by atoms with Crippen LogP contribution in [0.1, 0.15) is 31.9 Å². The van der Waals surface area contributed by atoms with E-state index in [1.807, 2.05) is 6.07 Å². The van der Waals surface area contributed by atoms with E-state index in [0.717, 1.165) is 38.8 Å². The molecule has 0 saturated carbocycles. The van der Waals surface area contributed by atoms with Gasteiger partial charge in [-0.3, -0.25) is 0 Å². The predicted octanol–water partition coefficient (Wildman–Crippen LogP) is 7.35. The van der Waals surface area contributed by atoms with Crippen LogP contribution in [0.4, 0.5) is 0 Å². The number of nitrogens with zero attached hydrogens (tertiary/aromatic N) is 1. The number of hydrogen-bond acceptors (Lipinski definition) is 1. The van der Waals surface area contributed by atoms with Gasteiger partial charge in [-0.05, 0) is 29.5 Å². The van der Waals surface area contributed by atoms with Crippen LogP contribution in [0.15, 0.2) is 83.4 Å². The molecule has 3 aromatic carbocycles. The van der Waals surface area contributed by atoms with Crippen LogP contribution in [0.25, 0.3) is 44.3 Å². The van der Waals surface area contributed by atoms with Crippen molar-refractivity contribution in [3.05, 3.63) is 90.1 Å². The number of fused-ring (bicyclic) bond motifs is 3. The molecule has 31 heavy (non-hydrogen) atoms. The lowest BCUT2D eigenvalue weighted by molar-refractivity contribution is -0.661. The summed E-state index contributed by atoms with van der Waals surface area (Å²) in [7, 11) is 2.13. The van der Waals surface area contributed by atoms with Crippen molar-refractivity contribution in [2.24, 2.45) is 7.05 Å². The Balaban J connectivity index is 1.80. The van der Waals surface area contributed by atoms with Crippen LogP contribution >= 0.6 is 0 Å². The largest absolute Gasteiger partial charge is 0.454 e. The average Bonchev–Trinajstić information content (AvgIpc) is 3.13. The smallest absolute Gasteiger partial charge is 0.216 e. The van der Waals surface area contributed by atoms with Gasteiger partial charge in [-0.1, -0.05) is 81.4 Å². The first-order valence-electron chi connectivity index (χ1n) is 10.9. The van der Waals surface area contributed by atoms with Crippen molar-refractivity contribution in [2.75, 3.05) is 0 Å². The molecule has 0 spiro atoms. The summed E-state index contributed by atoms with van der Waals surface area (Å²) in [4.78, 5) is 0. The second-order valence-electron chi connectivity index (χ2n) is 9.45. The van der Waals surface area contributed by atoms with Crippen LogP contribution in [0.2, 0.25) is 0 Å². The number of hydrogen-bond donors (Lipinski definition) is 0. The molecule has 0 radical (unpaired) electrons. The van der Waals surface area contributed by atoms with E-state index in [1.165, 1.54) is 16.7 Å². The minimum Gasteiger partial charge on any atom is -0.454 e.